The third-order valence-electron chi connectivity index (χ3n) is 4.17. The molecular formula is C18H19ClO4. The summed E-state index contributed by atoms with van der Waals surface area (Å²) in [7, 11) is 0. The van der Waals surface area contributed by atoms with E-state index in [-0.39, 0.29) is 17.3 Å². The van der Waals surface area contributed by atoms with Crippen LogP contribution in [0.2, 0.25) is 5.02 Å². The van der Waals surface area contributed by atoms with Crippen LogP contribution in [-0.4, -0.2) is 22.6 Å². The Bertz CT molecular complexity index is 663. The van der Waals surface area contributed by atoms with Gasteiger partial charge in [-0.05, 0) is 42.5 Å². The first kappa shape index (κ1) is 17.4. The lowest BCUT2D eigenvalue weighted by molar-refractivity contribution is -0.148. The highest BCUT2D eigenvalue weighted by atomic mass is 35.5. The molecule has 4 nitrogen and oxygen atoms in total. The summed E-state index contributed by atoms with van der Waals surface area (Å²) >= 11 is 5.90. The molecule has 122 valence electrons. The molecule has 0 amide bonds. The minimum atomic E-state index is -1.62. The van der Waals surface area contributed by atoms with Crippen molar-refractivity contribution in [3.8, 4) is 0 Å². The third-order valence-corrected chi connectivity index (χ3v) is 4.41. The molecule has 0 spiro atoms. The Morgan fingerprint density at radius 3 is 2.61 bits per heavy atom. The van der Waals surface area contributed by atoms with E-state index in [0.717, 1.165) is 12.8 Å². The molecule has 2 rings (SSSR count). The molecule has 0 radical (unpaired) electrons. The molecule has 1 aliphatic carbocycles. The van der Waals surface area contributed by atoms with Crippen LogP contribution in [0.25, 0.3) is 6.08 Å². The van der Waals surface area contributed by atoms with E-state index in [0.29, 0.717) is 29.3 Å². The van der Waals surface area contributed by atoms with E-state index in [2.05, 4.69) is 6.92 Å². The van der Waals surface area contributed by atoms with Crippen LogP contribution in [0.1, 0.15) is 38.2 Å². The zero-order chi connectivity index (χ0) is 17.0. The molecule has 2 unspecified atom stereocenters. The molecule has 2 atom stereocenters. The van der Waals surface area contributed by atoms with E-state index in [1.807, 2.05) is 0 Å². The van der Waals surface area contributed by atoms with Crippen molar-refractivity contribution >= 4 is 35.2 Å². The van der Waals surface area contributed by atoms with Gasteiger partial charge in [0, 0.05) is 10.9 Å². The molecule has 0 saturated heterocycles. The number of carbonyl (C=O) groups is 3. The van der Waals surface area contributed by atoms with Crippen LogP contribution in [0, 0.1) is 11.8 Å². The van der Waals surface area contributed by atoms with Crippen LogP contribution in [0.15, 0.2) is 29.8 Å². The van der Waals surface area contributed by atoms with Gasteiger partial charge in [0.2, 0.25) is 0 Å². The Hall–Kier alpha value is -1.94. The van der Waals surface area contributed by atoms with Crippen LogP contribution in [0.4, 0.5) is 0 Å². The molecular weight excluding hydrogens is 316 g/mol. The molecule has 1 fully saturated rings. The molecule has 1 N–H and O–H groups in total. The van der Waals surface area contributed by atoms with Gasteiger partial charge in [-0.25, -0.2) is 4.79 Å². The van der Waals surface area contributed by atoms with Crippen LogP contribution in [0.5, 0.6) is 0 Å². The lowest BCUT2D eigenvalue weighted by Crippen LogP contribution is -2.29. The average molecular weight is 335 g/mol. The Morgan fingerprint density at radius 2 is 2.00 bits per heavy atom. The van der Waals surface area contributed by atoms with Crippen LogP contribution >= 0.6 is 11.6 Å². The highest BCUT2D eigenvalue weighted by Crippen LogP contribution is 2.31. The molecule has 5 heteroatoms. The Balaban J connectivity index is 2.36. The molecule has 1 aromatic carbocycles. The quantitative estimate of drug-likeness (QED) is 0.385. The first-order valence-corrected chi connectivity index (χ1v) is 8.05. The third kappa shape index (κ3) is 4.52. The lowest BCUT2D eigenvalue weighted by atomic mass is 9.78. The summed E-state index contributed by atoms with van der Waals surface area (Å²) in [4.78, 5) is 35.8. The van der Waals surface area contributed by atoms with Crippen molar-refractivity contribution in [2.24, 2.45) is 11.8 Å². The Kier molecular flexibility index (Phi) is 5.72. The van der Waals surface area contributed by atoms with Gasteiger partial charge in [0.05, 0.1) is 5.57 Å². The average Bonchev–Trinajstić information content (AvgIpc) is 2.51. The number of carboxylic acid groups (broad SMARTS) is 1. The number of rotatable bonds is 5. The number of Topliss-reactive ketones (excluding diaryl/α,β-unsaturated/α-hetero) is 2. The predicted octanol–water partition coefficient (Wildman–Crippen LogP) is 3.77. The van der Waals surface area contributed by atoms with E-state index >= 15 is 0 Å². The number of aliphatic carboxylic acids is 1. The van der Waals surface area contributed by atoms with Crippen molar-refractivity contribution in [2.45, 2.75) is 32.6 Å². The maximum absolute atomic E-state index is 12.7. The van der Waals surface area contributed by atoms with Gasteiger partial charge in [-0.1, -0.05) is 43.5 Å². The van der Waals surface area contributed by atoms with Gasteiger partial charge >= 0.3 is 5.97 Å². The zero-order valence-corrected chi connectivity index (χ0v) is 13.7. The van der Waals surface area contributed by atoms with E-state index in [1.165, 1.54) is 6.08 Å². The van der Waals surface area contributed by atoms with Gasteiger partial charge in [-0.2, -0.15) is 0 Å². The second kappa shape index (κ2) is 7.55. The van der Waals surface area contributed by atoms with Crippen molar-refractivity contribution in [1.82, 2.24) is 0 Å². The van der Waals surface area contributed by atoms with Crippen LogP contribution in [0.3, 0.4) is 0 Å². The first-order valence-electron chi connectivity index (χ1n) is 7.67. The van der Waals surface area contributed by atoms with Gasteiger partial charge in [-0.15, -0.1) is 0 Å². The van der Waals surface area contributed by atoms with E-state index < -0.39 is 11.8 Å². The summed E-state index contributed by atoms with van der Waals surface area (Å²) in [5, 5.41) is 9.47. The minimum absolute atomic E-state index is 0.265. The molecule has 23 heavy (non-hydrogen) atoms. The fourth-order valence-corrected chi connectivity index (χ4v) is 3.22. The SMILES string of the molecule is CC1CCCC(C(=O)/C(=C/c2cccc(Cl)c2)C(=O)C(=O)O)C1. The van der Waals surface area contributed by atoms with Crippen LogP contribution in [-0.2, 0) is 14.4 Å². The topological polar surface area (TPSA) is 71.4 Å². The van der Waals surface area contributed by atoms with E-state index in [1.54, 1.807) is 24.3 Å². The Labute approximate surface area is 140 Å². The number of carbonyl (C=O) groups excluding carboxylic acids is 2. The molecule has 1 aromatic rings. The normalized spacial score (nSPS) is 21.7. The summed E-state index contributed by atoms with van der Waals surface area (Å²) in [6, 6.07) is 6.62. The number of ketones is 2. The smallest absolute Gasteiger partial charge is 0.377 e. The van der Waals surface area contributed by atoms with Crippen molar-refractivity contribution in [1.29, 1.82) is 0 Å². The number of hydrogen-bond donors (Lipinski definition) is 1. The van der Waals surface area contributed by atoms with E-state index in [9.17, 15) is 14.4 Å². The largest absolute Gasteiger partial charge is 0.475 e. The Morgan fingerprint density at radius 1 is 1.26 bits per heavy atom. The lowest BCUT2D eigenvalue weighted by Gasteiger charge is -2.25. The maximum Gasteiger partial charge on any atom is 0.377 e. The highest BCUT2D eigenvalue weighted by molar-refractivity contribution is 6.48. The molecule has 0 aromatic heterocycles. The summed E-state index contributed by atoms with van der Waals surface area (Å²) in [6.07, 6.45) is 4.71. The summed E-state index contributed by atoms with van der Waals surface area (Å²) in [6.45, 7) is 2.07. The van der Waals surface area contributed by atoms with Gasteiger partial charge in [0.15, 0.2) is 5.78 Å². The molecule has 1 aliphatic rings. The molecule has 0 bridgehead atoms. The highest BCUT2D eigenvalue weighted by Gasteiger charge is 2.32. The zero-order valence-electron chi connectivity index (χ0n) is 12.9. The number of carboxylic acids is 1. The monoisotopic (exact) mass is 334 g/mol. The van der Waals surface area contributed by atoms with Crippen molar-refractivity contribution in [2.75, 3.05) is 0 Å². The second-order valence-corrected chi connectivity index (χ2v) is 6.52. The van der Waals surface area contributed by atoms with Gasteiger partial charge in [0.1, 0.15) is 0 Å². The number of hydrogen-bond acceptors (Lipinski definition) is 3. The number of halogens is 1. The number of benzene rings is 1. The molecule has 0 heterocycles. The molecule has 1 saturated carbocycles. The predicted molar refractivity (Wildman–Crippen MR) is 88.2 cm³/mol. The summed E-state index contributed by atoms with van der Waals surface area (Å²) in [5.74, 6) is -3.02. The van der Waals surface area contributed by atoms with Gasteiger partial charge < -0.3 is 5.11 Å². The fourth-order valence-electron chi connectivity index (χ4n) is 3.02. The fraction of sp³-hybridized carbons (Fsp3) is 0.389. The van der Waals surface area contributed by atoms with E-state index in [4.69, 9.17) is 16.7 Å². The standard InChI is InChI=1S/C18H19ClO4/c1-11-4-2-6-13(8-11)16(20)15(17(21)18(22)23)10-12-5-3-7-14(19)9-12/h3,5,7,9-11,13H,2,4,6,8H2,1H3,(H,22,23)/b15-10-. The molecule has 0 aliphatic heterocycles. The van der Waals surface area contributed by atoms with Gasteiger partial charge in [0.25, 0.3) is 5.78 Å². The summed E-state index contributed by atoms with van der Waals surface area (Å²) in [5.41, 5.74) is 0.276. The van der Waals surface area contributed by atoms with Gasteiger partial charge in [-0.3, -0.25) is 9.59 Å². The van der Waals surface area contributed by atoms with Crippen LogP contribution < -0.4 is 0 Å². The minimum Gasteiger partial charge on any atom is -0.475 e. The maximum atomic E-state index is 12.7. The first-order chi connectivity index (χ1) is 10.9. The second-order valence-electron chi connectivity index (χ2n) is 6.08. The van der Waals surface area contributed by atoms with Crippen molar-refractivity contribution in [3.63, 3.8) is 0 Å². The van der Waals surface area contributed by atoms with Crippen molar-refractivity contribution in [3.05, 3.63) is 40.4 Å². The van der Waals surface area contributed by atoms with Crippen molar-refractivity contribution < 1.29 is 19.5 Å². The summed E-state index contributed by atoms with van der Waals surface area (Å²) < 4.78 is 0.